The molecule has 156 valence electrons. The van der Waals surface area contributed by atoms with Crippen molar-refractivity contribution in [3.63, 3.8) is 0 Å². The summed E-state index contributed by atoms with van der Waals surface area (Å²) >= 11 is 0. The maximum atomic E-state index is 11.4. The van der Waals surface area contributed by atoms with E-state index in [9.17, 15) is 9.90 Å². The molecule has 1 N–H and O–H groups in total. The van der Waals surface area contributed by atoms with Crippen LogP contribution in [0.25, 0.3) is 0 Å². The lowest BCUT2D eigenvalue weighted by Gasteiger charge is -2.36. The smallest absolute Gasteiger partial charge is 0.303 e. The monoisotopic (exact) mass is 384 g/mol. The number of carboxylic acids is 1. The molecule has 1 aliphatic rings. The van der Waals surface area contributed by atoms with Gasteiger partial charge in [0.05, 0.1) is 0 Å². The van der Waals surface area contributed by atoms with Crippen LogP contribution in [-0.2, 0) is 11.2 Å². The van der Waals surface area contributed by atoms with Crippen molar-refractivity contribution < 1.29 is 9.90 Å². The molecule has 2 heteroatoms. The molecule has 28 heavy (non-hydrogen) atoms. The third-order valence-electron chi connectivity index (χ3n) is 6.40. The highest BCUT2D eigenvalue weighted by atomic mass is 16.4. The number of allylic oxidation sites excluding steroid dienone is 2. The molecular formula is C26H40O2. The maximum absolute atomic E-state index is 11.4. The fourth-order valence-corrected chi connectivity index (χ4v) is 4.80. The van der Waals surface area contributed by atoms with Gasteiger partial charge >= 0.3 is 5.97 Å². The summed E-state index contributed by atoms with van der Waals surface area (Å²) in [7, 11) is 0. The van der Waals surface area contributed by atoms with Crippen molar-refractivity contribution in [2.75, 3.05) is 0 Å². The van der Waals surface area contributed by atoms with E-state index in [1.807, 2.05) is 0 Å². The average Bonchev–Trinajstić information content (AvgIpc) is 2.69. The summed E-state index contributed by atoms with van der Waals surface area (Å²) in [6.45, 7) is 2.26. The summed E-state index contributed by atoms with van der Waals surface area (Å²) in [6, 6.07) is 10.6. The molecule has 0 amide bonds. The van der Waals surface area contributed by atoms with Gasteiger partial charge in [0.2, 0.25) is 0 Å². The molecule has 2 rings (SSSR count). The fraction of sp³-hybridized carbons (Fsp3) is 0.654. The number of aliphatic carboxylic acids is 1. The molecule has 0 saturated heterocycles. The molecule has 0 spiro atoms. The predicted molar refractivity (Wildman–Crippen MR) is 118 cm³/mol. The van der Waals surface area contributed by atoms with Crippen LogP contribution in [0.4, 0.5) is 0 Å². The topological polar surface area (TPSA) is 37.3 Å². The number of rotatable bonds is 13. The molecule has 1 fully saturated rings. The number of unbranched alkanes of at least 4 members (excludes halogenated alkanes) is 5. The van der Waals surface area contributed by atoms with Crippen LogP contribution in [0.15, 0.2) is 42.5 Å². The van der Waals surface area contributed by atoms with E-state index >= 15 is 0 Å². The Morgan fingerprint density at radius 2 is 1.75 bits per heavy atom. The SMILES string of the molecule is CCCCCC/C=C\CCC[C@H]1CC[C@H](Cc2ccccc2)[C@H](CC(=O)O)C1. The Bertz CT molecular complexity index is 563. The number of benzene rings is 1. The third-order valence-corrected chi connectivity index (χ3v) is 6.40. The second-order valence-electron chi connectivity index (χ2n) is 8.74. The first-order valence-electron chi connectivity index (χ1n) is 11.6. The van der Waals surface area contributed by atoms with Crippen molar-refractivity contribution in [2.24, 2.45) is 17.8 Å². The highest BCUT2D eigenvalue weighted by molar-refractivity contribution is 5.67. The maximum Gasteiger partial charge on any atom is 0.303 e. The van der Waals surface area contributed by atoms with Crippen LogP contribution >= 0.6 is 0 Å². The first kappa shape index (κ1) is 22.7. The molecule has 0 aromatic heterocycles. The lowest BCUT2D eigenvalue weighted by Crippen LogP contribution is -2.28. The van der Waals surface area contributed by atoms with E-state index in [4.69, 9.17) is 0 Å². The molecule has 0 bridgehead atoms. The molecule has 3 atom stereocenters. The highest BCUT2D eigenvalue weighted by Gasteiger charge is 2.31. The van der Waals surface area contributed by atoms with Crippen LogP contribution in [-0.4, -0.2) is 11.1 Å². The number of hydrogen-bond acceptors (Lipinski definition) is 1. The van der Waals surface area contributed by atoms with Gasteiger partial charge in [-0.05, 0) is 68.3 Å². The molecule has 1 aromatic carbocycles. The van der Waals surface area contributed by atoms with Crippen molar-refractivity contribution >= 4 is 5.97 Å². The van der Waals surface area contributed by atoms with Crippen molar-refractivity contribution in [1.82, 2.24) is 0 Å². The summed E-state index contributed by atoms with van der Waals surface area (Å²) in [6.07, 6.45) is 19.9. The zero-order valence-electron chi connectivity index (χ0n) is 17.8. The van der Waals surface area contributed by atoms with Crippen LogP contribution in [0.1, 0.15) is 89.5 Å². The summed E-state index contributed by atoms with van der Waals surface area (Å²) in [5.74, 6) is 0.951. The van der Waals surface area contributed by atoms with Crippen molar-refractivity contribution in [2.45, 2.75) is 90.4 Å². The number of carboxylic acid groups (broad SMARTS) is 1. The molecule has 0 aliphatic heterocycles. The van der Waals surface area contributed by atoms with E-state index in [1.165, 1.54) is 69.8 Å². The van der Waals surface area contributed by atoms with Gasteiger partial charge in [-0.2, -0.15) is 0 Å². The van der Waals surface area contributed by atoms with Gasteiger partial charge in [-0.15, -0.1) is 0 Å². The van der Waals surface area contributed by atoms with E-state index < -0.39 is 5.97 Å². The summed E-state index contributed by atoms with van der Waals surface area (Å²) < 4.78 is 0. The molecule has 1 aliphatic carbocycles. The minimum absolute atomic E-state index is 0.338. The lowest BCUT2D eigenvalue weighted by atomic mass is 9.69. The first-order valence-corrected chi connectivity index (χ1v) is 11.6. The molecule has 0 heterocycles. The Kier molecular flexibility index (Phi) is 11.0. The zero-order valence-corrected chi connectivity index (χ0v) is 17.8. The zero-order chi connectivity index (χ0) is 20.0. The largest absolute Gasteiger partial charge is 0.481 e. The van der Waals surface area contributed by atoms with Crippen LogP contribution < -0.4 is 0 Å². The van der Waals surface area contributed by atoms with Gasteiger partial charge in [0.15, 0.2) is 0 Å². The van der Waals surface area contributed by atoms with E-state index in [2.05, 4.69) is 49.4 Å². The van der Waals surface area contributed by atoms with Crippen LogP contribution in [0.2, 0.25) is 0 Å². The van der Waals surface area contributed by atoms with Crippen LogP contribution in [0.3, 0.4) is 0 Å². The van der Waals surface area contributed by atoms with Crippen LogP contribution in [0, 0.1) is 17.8 Å². The Balaban J connectivity index is 1.71. The van der Waals surface area contributed by atoms with Gasteiger partial charge in [-0.25, -0.2) is 0 Å². The van der Waals surface area contributed by atoms with Gasteiger partial charge in [-0.1, -0.05) is 81.5 Å². The fourth-order valence-electron chi connectivity index (χ4n) is 4.80. The Morgan fingerprint density at radius 3 is 2.46 bits per heavy atom. The Morgan fingerprint density at radius 1 is 1.00 bits per heavy atom. The van der Waals surface area contributed by atoms with Gasteiger partial charge < -0.3 is 5.11 Å². The van der Waals surface area contributed by atoms with Crippen molar-refractivity contribution in [3.8, 4) is 0 Å². The van der Waals surface area contributed by atoms with Crippen molar-refractivity contribution in [1.29, 1.82) is 0 Å². The minimum atomic E-state index is -0.630. The second kappa shape index (κ2) is 13.6. The standard InChI is InChI=1S/C26H40O2/c1-2-3-4-5-6-7-8-9-11-16-23-17-18-24(25(20-23)21-26(27)28)19-22-14-12-10-13-15-22/h7-8,10,12-15,23-25H,2-6,9,11,16-21H2,1H3,(H,27,28)/b8-7-/t23-,24+,25-/m0/s1. The number of carbonyl (C=O) groups is 1. The van der Waals surface area contributed by atoms with Gasteiger partial charge in [0.25, 0.3) is 0 Å². The van der Waals surface area contributed by atoms with E-state index in [0.29, 0.717) is 24.2 Å². The first-order chi connectivity index (χ1) is 13.7. The van der Waals surface area contributed by atoms with Gasteiger partial charge in [0, 0.05) is 6.42 Å². The number of hydrogen-bond donors (Lipinski definition) is 1. The quantitative estimate of drug-likeness (QED) is 0.283. The molecule has 0 radical (unpaired) electrons. The van der Waals surface area contributed by atoms with E-state index in [0.717, 1.165) is 12.8 Å². The van der Waals surface area contributed by atoms with Gasteiger partial charge in [0.1, 0.15) is 0 Å². The molecule has 2 nitrogen and oxygen atoms in total. The molecular weight excluding hydrogens is 344 g/mol. The van der Waals surface area contributed by atoms with Crippen molar-refractivity contribution in [3.05, 3.63) is 48.0 Å². The normalized spacial score (nSPS) is 22.5. The Hall–Kier alpha value is -1.57. The second-order valence-corrected chi connectivity index (χ2v) is 8.74. The molecule has 1 aromatic rings. The predicted octanol–water partition coefficient (Wildman–Crippen LogP) is 7.43. The van der Waals surface area contributed by atoms with Crippen LogP contribution in [0.5, 0.6) is 0 Å². The summed E-state index contributed by atoms with van der Waals surface area (Å²) in [5.41, 5.74) is 1.35. The minimum Gasteiger partial charge on any atom is -0.481 e. The third kappa shape index (κ3) is 9.08. The van der Waals surface area contributed by atoms with E-state index in [-0.39, 0.29) is 0 Å². The van der Waals surface area contributed by atoms with E-state index in [1.54, 1.807) is 0 Å². The van der Waals surface area contributed by atoms with Gasteiger partial charge in [-0.3, -0.25) is 4.79 Å². The lowest BCUT2D eigenvalue weighted by molar-refractivity contribution is -0.139. The summed E-state index contributed by atoms with van der Waals surface area (Å²) in [4.78, 5) is 11.4. The summed E-state index contributed by atoms with van der Waals surface area (Å²) in [5, 5.41) is 9.38. The highest BCUT2D eigenvalue weighted by Crippen LogP contribution is 2.39. The average molecular weight is 385 g/mol. The Labute approximate surface area is 172 Å². The molecule has 1 saturated carbocycles. The molecule has 0 unspecified atom stereocenters.